The summed E-state index contributed by atoms with van der Waals surface area (Å²) in [5.74, 6) is 0.386. The molecular weight excluding hydrogens is 684 g/mol. The molecule has 1 unspecified atom stereocenters. The molecule has 2 aromatic heterocycles. The third-order valence-electron chi connectivity index (χ3n) is 9.89. The van der Waals surface area contributed by atoms with E-state index >= 15 is 0 Å². The van der Waals surface area contributed by atoms with Crippen molar-refractivity contribution in [3.05, 3.63) is 54.5 Å². The number of aromatic nitrogens is 3. The molecule has 1 aliphatic heterocycles. The minimum absolute atomic E-state index is 0.138. The number of hydrogen-bond donors (Lipinski definition) is 5. The van der Waals surface area contributed by atoms with E-state index in [0.717, 1.165) is 38.5 Å². The molecule has 1 aliphatic carbocycles. The topological polar surface area (TPSA) is 186 Å². The summed E-state index contributed by atoms with van der Waals surface area (Å²) in [6, 6.07) is 10.2. The number of rotatable bonds is 18. The second kappa shape index (κ2) is 17.6. The van der Waals surface area contributed by atoms with Gasteiger partial charge >= 0.3 is 13.7 Å². The quantitative estimate of drug-likeness (QED) is 0.0662. The van der Waals surface area contributed by atoms with Crippen molar-refractivity contribution in [2.45, 2.75) is 108 Å². The van der Waals surface area contributed by atoms with Gasteiger partial charge in [0, 0.05) is 0 Å². The maximum atomic E-state index is 15.0. The Morgan fingerprint density at radius 1 is 1.14 bits per heavy atom. The van der Waals surface area contributed by atoms with Gasteiger partial charge in [-0.25, -0.2) is 18.5 Å². The van der Waals surface area contributed by atoms with Crippen LogP contribution in [-0.4, -0.2) is 85.9 Å². The molecule has 1 saturated carbocycles. The summed E-state index contributed by atoms with van der Waals surface area (Å²) in [4.78, 5) is 17.1. The van der Waals surface area contributed by atoms with Crippen LogP contribution in [0.15, 0.2) is 48.8 Å². The summed E-state index contributed by atoms with van der Waals surface area (Å²) in [5, 5.41) is 43.1. The Kier molecular flexibility index (Phi) is 13.4. The van der Waals surface area contributed by atoms with Crippen LogP contribution in [0.3, 0.4) is 0 Å². The van der Waals surface area contributed by atoms with E-state index in [9.17, 15) is 29.1 Å². The third-order valence-corrected chi connectivity index (χ3v) is 11.5. The summed E-state index contributed by atoms with van der Waals surface area (Å²) in [5.41, 5.74) is -1.45. The maximum Gasteiger partial charge on any atom is 0.459 e. The minimum Gasteiger partial charge on any atom is -0.464 e. The first-order valence-corrected chi connectivity index (χ1v) is 19.4. The van der Waals surface area contributed by atoms with Gasteiger partial charge in [0.05, 0.1) is 18.9 Å². The van der Waals surface area contributed by atoms with E-state index in [4.69, 9.17) is 18.5 Å². The Bertz CT molecular complexity index is 1610. The Morgan fingerprint density at radius 2 is 1.86 bits per heavy atom. The van der Waals surface area contributed by atoms with Crippen LogP contribution in [-0.2, 0) is 23.4 Å². The standard InChI is InChI=1S/C35H51FN5O9P/c1-4-24(5-2)19-47-34(45)23(3)40-51(46,50-26-14-10-7-11-15-26)48-21-35(20-36)32(44)30(43)31(49-35)27-16-17-28-33(37-22-38-41(27)28)39-29(42)18-25-12-8-6-9-13-25/h7,10-11,14-17,22-25,29-32,42-44H,4-6,8-9,12-13,18-21H2,1-3H3,(H,40,46)(H,37,38,39)/t23-,29?,30-,31-,32-,35+,51-/m0/s1. The van der Waals surface area contributed by atoms with E-state index < -0.39 is 63.2 Å². The van der Waals surface area contributed by atoms with Crippen molar-refractivity contribution in [3.8, 4) is 5.75 Å². The van der Waals surface area contributed by atoms with Gasteiger partial charge in [0.2, 0.25) is 0 Å². The molecule has 2 aliphatic rings. The largest absolute Gasteiger partial charge is 0.464 e. The molecule has 0 spiro atoms. The van der Waals surface area contributed by atoms with Gasteiger partial charge in [0.15, 0.2) is 5.82 Å². The summed E-state index contributed by atoms with van der Waals surface area (Å²) < 4.78 is 53.4. The molecule has 14 nitrogen and oxygen atoms in total. The number of fused-ring (bicyclic) bond motifs is 1. The molecule has 2 fully saturated rings. The molecule has 0 bridgehead atoms. The van der Waals surface area contributed by atoms with Crippen LogP contribution >= 0.6 is 7.75 Å². The molecule has 5 rings (SSSR count). The molecule has 3 aromatic rings. The van der Waals surface area contributed by atoms with E-state index in [1.54, 1.807) is 30.3 Å². The zero-order valence-electron chi connectivity index (χ0n) is 29.4. The number of para-hydroxylation sites is 1. The molecule has 282 valence electrons. The van der Waals surface area contributed by atoms with Crippen molar-refractivity contribution < 1.29 is 47.6 Å². The third kappa shape index (κ3) is 9.44. The summed E-state index contributed by atoms with van der Waals surface area (Å²) in [7, 11) is -4.47. The van der Waals surface area contributed by atoms with E-state index in [1.165, 1.54) is 36.3 Å². The van der Waals surface area contributed by atoms with Crippen LogP contribution in [0.1, 0.15) is 83.9 Å². The highest BCUT2D eigenvalue weighted by Gasteiger charge is 2.57. The van der Waals surface area contributed by atoms with Crippen LogP contribution in [0.25, 0.3) is 5.52 Å². The summed E-state index contributed by atoms with van der Waals surface area (Å²) in [6.45, 7) is 3.44. The number of benzene rings is 1. The second-order valence-electron chi connectivity index (χ2n) is 13.6. The van der Waals surface area contributed by atoms with Gasteiger partial charge in [-0.15, -0.1) is 0 Å². The fourth-order valence-corrected chi connectivity index (χ4v) is 8.20. The number of nitrogens with zero attached hydrogens (tertiary/aromatic N) is 3. The number of aliphatic hydroxyl groups is 3. The van der Waals surface area contributed by atoms with Crippen molar-refractivity contribution in [2.75, 3.05) is 25.2 Å². The number of carbonyl (C=O) groups is 1. The highest BCUT2D eigenvalue weighted by atomic mass is 31.2. The Labute approximate surface area is 297 Å². The van der Waals surface area contributed by atoms with E-state index in [-0.39, 0.29) is 24.0 Å². The van der Waals surface area contributed by atoms with Crippen LogP contribution < -0.4 is 14.9 Å². The molecule has 3 heterocycles. The fraction of sp³-hybridized carbons (Fsp3) is 0.629. The zero-order valence-corrected chi connectivity index (χ0v) is 30.3. The average Bonchev–Trinajstić information content (AvgIpc) is 3.67. The van der Waals surface area contributed by atoms with Gasteiger partial charge in [-0.2, -0.15) is 10.2 Å². The van der Waals surface area contributed by atoms with Crippen molar-refractivity contribution in [1.82, 2.24) is 19.7 Å². The van der Waals surface area contributed by atoms with E-state index in [2.05, 4.69) is 20.5 Å². The number of anilines is 1. The van der Waals surface area contributed by atoms with Crippen LogP contribution in [0.2, 0.25) is 0 Å². The molecule has 51 heavy (non-hydrogen) atoms. The normalized spacial score (nSPS) is 25.1. The number of aliphatic hydroxyl groups excluding tert-OH is 3. The number of nitrogens with one attached hydrogen (secondary N) is 2. The Morgan fingerprint density at radius 3 is 2.55 bits per heavy atom. The van der Waals surface area contributed by atoms with Gasteiger partial charge in [-0.3, -0.25) is 9.32 Å². The first-order valence-electron chi connectivity index (χ1n) is 17.8. The van der Waals surface area contributed by atoms with E-state index in [0.29, 0.717) is 23.7 Å². The predicted octanol–water partition coefficient (Wildman–Crippen LogP) is 5.09. The van der Waals surface area contributed by atoms with Crippen molar-refractivity contribution in [1.29, 1.82) is 0 Å². The molecule has 16 heteroatoms. The number of carbonyl (C=O) groups excluding carboxylic acids is 1. The molecule has 7 atom stereocenters. The number of ether oxygens (including phenoxy) is 2. The van der Waals surface area contributed by atoms with E-state index in [1.807, 2.05) is 13.8 Å². The molecule has 0 radical (unpaired) electrons. The lowest BCUT2D eigenvalue weighted by atomic mass is 9.86. The Balaban J connectivity index is 1.32. The first kappa shape index (κ1) is 39.0. The molecular formula is C35H51FN5O9P. The van der Waals surface area contributed by atoms with Crippen molar-refractivity contribution in [2.24, 2.45) is 11.8 Å². The first-order chi connectivity index (χ1) is 24.5. The Hall–Kier alpha value is -3.17. The number of halogens is 1. The molecule has 1 saturated heterocycles. The SMILES string of the molecule is CCC(CC)COC(=O)[C@H](C)N[P@](=O)(OC[C@@]1(CF)O[C@@H](c2ccc3c(NC(O)CC4CCCCC4)ncnn23)[C@H](O)[C@@H]1O)Oc1ccccc1. The van der Waals surface area contributed by atoms with Crippen molar-refractivity contribution in [3.63, 3.8) is 0 Å². The number of alkyl halides is 1. The summed E-state index contributed by atoms with van der Waals surface area (Å²) in [6.07, 6.45) is 3.53. The molecule has 1 aromatic carbocycles. The summed E-state index contributed by atoms with van der Waals surface area (Å²) >= 11 is 0. The minimum atomic E-state index is -4.47. The predicted molar refractivity (Wildman–Crippen MR) is 187 cm³/mol. The van der Waals surface area contributed by atoms with Gasteiger partial charge in [0.1, 0.15) is 60.5 Å². The van der Waals surface area contributed by atoms with Crippen LogP contribution in [0.4, 0.5) is 10.2 Å². The zero-order chi connectivity index (χ0) is 36.6. The highest BCUT2D eigenvalue weighted by molar-refractivity contribution is 7.52. The van der Waals surface area contributed by atoms with Gasteiger partial charge in [-0.1, -0.05) is 77.0 Å². The lowest BCUT2D eigenvalue weighted by molar-refractivity contribution is -0.146. The molecule has 0 amide bonds. The van der Waals surface area contributed by atoms with Gasteiger partial charge in [0.25, 0.3) is 0 Å². The molecule has 5 N–H and O–H groups in total. The smallest absolute Gasteiger partial charge is 0.459 e. The van der Waals surface area contributed by atoms with Gasteiger partial charge in [-0.05, 0) is 49.4 Å². The van der Waals surface area contributed by atoms with Gasteiger partial charge < -0.3 is 34.6 Å². The number of esters is 1. The van der Waals surface area contributed by atoms with Crippen molar-refractivity contribution >= 4 is 25.1 Å². The number of hydrogen-bond acceptors (Lipinski definition) is 12. The second-order valence-corrected chi connectivity index (χ2v) is 15.3. The maximum absolute atomic E-state index is 15.0. The average molecular weight is 736 g/mol. The fourth-order valence-electron chi connectivity index (χ4n) is 6.65. The lowest BCUT2D eigenvalue weighted by Gasteiger charge is -2.31. The lowest BCUT2D eigenvalue weighted by Crippen LogP contribution is -2.49. The van der Waals surface area contributed by atoms with Crippen LogP contribution in [0, 0.1) is 11.8 Å². The monoisotopic (exact) mass is 735 g/mol. The van der Waals surface area contributed by atoms with Crippen LogP contribution in [0.5, 0.6) is 5.75 Å². The highest BCUT2D eigenvalue weighted by Crippen LogP contribution is 2.49.